The number of carbonyl (C=O) groups excluding carboxylic acids is 1. The van der Waals surface area contributed by atoms with Crippen LogP contribution in [0, 0.1) is 41.4 Å². The quantitative estimate of drug-likeness (QED) is 0.392. The Hall–Kier alpha value is -1.92. The molecule has 5 nitrogen and oxygen atoms in total. The van der Waals surface area contributed by atoms with Crippen LogP contribution >= 0.6 is 0 Å². The number of rotatable bonds is 3. The molecule has 5 aliphatic carbocycles. The molecule has 0 aliphatic heterocycles. The first-order chi connectivity index (χ1) is 14.9. The van der Waals surface area contributed by atoms with Crippen molar-refractivity contribution in [1.82, 2.24) is 0 Å². The van der Waals surface area contributed by atoms with Crippen molar-refractivity contribution in [3.05, 3.63) is 36.4 Å². The minimum atomic E-state index is -4.61. The molecule has 5 saturated carbocycles. The molecular weight excluding hydrogens is 412 g/mol. The molecule has 31 heavy (non-hydrogen) atoms. The SMILES string of the molecule is O=C(Oc1ccc(S(=O)(=O)[O-])c2ccccc12)C1CC2C3CCCC3C1C1CCCC21. The van der Waals surface area contributed by atoms with Gasteiger partial charge in [0.15, 0.2) is 0 Å². The second-order valence-electron chi connectivity index (χ2n) is 10.1. The maximum absolute atomic E-state index is 13.5. The topological polar surface area (TPSA) is 83.5 Å². The second kappa shape index (κ2) is 7.04. The predicted octanol–water partition coefficient (Wildman–Crippen LogP) is 4.75. The Labute approximate surface area is 182 Å². The zero-order valence-corrected chi connectivity index (χ0v) is 18.2. The standard InChI is InChI=1S/C25H28O5S/c26-25(30-22-11-12-23(31(27,28)29)17-6-2-1-5-16(17)22)21-13-20-14-7-3-9-18(14)24(21)19-10-4-8-15(19)20/h1-2,5-6,11-12,14-15,18-21,24H,3-4,7-10,13H2,(H,27,28,29)/p-1. The van der Waals surface area contributed by atoms with Gasteiger partial charge in [0.25, 0.3) is 0 Å². The molecule has 0 spiro atoms. The minimum Gasteiger partial charge on any atom is -0.744 e. The Morgan fingerprint density at radius 3 is 2.10 bits per heavy atom. The Bertz CT molecular complexity index is 1130. The molecular formula is C25H27O5S-. The zero-order chi connectivity index (χ0) is 21.3. The first kappa shape index (κ1) is 19.7. The van der Waals surface area contributed by atoms with Crippen molar-refractivity contribution >= 4 is 26.9 Å². The molecule has 5 atom stereocenters. The van der Waals surface area contributed by atoms with Crippen molar-refractivity contribution in [2.45, 2.75) is 49.8 Å². The smallest absolute Gasteiger partial charge is 0.314 e. The third kappa shape index (κ3) is 2.98. The molecule has 164 valence electrons. The summed E-state index contributed by atoms with van der Waals surface area (Å²) in [5.41, 5.74) is 0. The molecule has 2 aromatic rings. The molecule has 6 heteroatoms. The van der Waals surface area contributed by atoms with Crippen molar-refractivity contribution in [1.29, 1.82) is 0 Å². The molecule has 2 aromatic carbocycles. The van der Waals surface area contributed by atoms with E-state index in [1.54, 1.807) is 24.3 Å². The Balaban J connectivity index is 1.34. The van der Waals surface area contributed by atoms with Gasteiger partial charge in [-0.25, -0.2) is 8.42 Å². The number of benzene rings is 2. The fourth-order valence-corrected chi connectivity index (χ4v) is 8.76. The first-order valence-electron chi connectivity index (χ1n) is 11.6. The van der Waals surface area contributed by atoms with E-state index in [9.17, 15) is 17.8 Å². The van der Waals surface area contributed by atoms with Gasteiger partial charge in [0, 0.05) is 10.8 Å². The van der Waals surface area contributed by atoms with Crippen LogP contribution in [0.3, 0.4) is 0 Å². The molecule has 2 bridgehead atoms. The van der Waals surface area contributed by atoms with Gasteiger partial charge < -0.3 is 9.29 Å². The highest BCUT2D eigenvalue weighted by Crippen LogP contribution is 2.65. The molecule has 5 aliphatic rings. The molecule has 0 amide bonds. The van der Waals surface area contributed by atoms with Gasteiger partial charge in [0.05, 0.1) is 10.8 Å². The Kier molecular flexibility index (Phi) is 4.48. The van der Waals surface area contributed by atoms with Crippen LogP contribution in [0.15, 0.2) is 41.3 Å². The van der Waals surface area contributed by atoms with E-state index in [4.69, 9.17) is 4.74 Å². The van der Waals surface area contributed by atoms with E-state index in [-0.39, 0.29) is 16.8 Å². The van der Waals surface area contributed by atoms with Crippen molar-refractivity contribution in [3.8, 4) is 5.75 Å². The normalized spacial score (nSPS) is 36.4. The van der Waals surface area contributed by atoms with Crippen molar-refractivity contribution in [2.75, 3.05) is 0 Å². The van der Waals surface area contributed by atoms with Gasteiger partial charge in [-0.1, -0.05) is 37.1 Å². The highest BCUT2D eigenvalue weighted by Gasteiger charge is 2.61. The van der Waals surface area contributed by atoms with Gasteiger partial charge in [0.2, 0.25) is 0 Å². The first-order valence-corrected chi connectivity index (χ1v) is 13.0. The summed E-state index contributed by atoms with van der Waals surface area (Å²) >= 11 is 0. The lowest BCUT2D eigenvalue weighted by Crippen LogP contribution is -2.54. The van der Waals surface area contributed by atoms with Crippen LogP contribution < -0.4 is 4.74 Å². The molecule has 0 aromatic heterocycles. The van der Waals surface area contributed by atoms with Crippen LogP contribution in [-0.4, -0.2) is 18.9 Å². The largest absolute Gasteiger partial charge is 0.744 e. The molecule has 5 fully saturated rings. The van der Waals surface area contributed by atoms with Crippen LogP contribution in [0.1, 0.15) is 44.9 Å². The van der Waals surface area contributed by atoms with Crippen molar-refractivity contribution < 1.29 is 22.5 Å². The van der Waals surface area contributed by atoms with Gasteiger partial charge in [-0.3, -0.25) is 4.79 Å². The molecule has 0 saturated heterocycles. The van der Waals surface area contributed by atoms with Gasteiger partial charge in [-0.2, -0.15) is 0 Å². The fourth-order valence-electron chi connectivity index (χ4n) is 8.07. The summed E-state index contributed by atoms with van der Waals surface area (Å²) in [5.74, 6) is 4.14. The highest BCUT2D eigenvalue weighted by molar-refractivity contribution is 7.86. The van der Waals surface area contributed by atoms with E-state index >= 15 is 0 Å². The van der Waals surface area contributed by atoms with E-state index in [0.29, 0.717) is 40.2 Å². The summed E-state index contributed by atoms with van der Waals surface area (Å²) in [6.07, 6.45) is 8.67. The Morgan fingerprint density at radius 2 is 1.45 bits per heavy atom. The second-order valence-corrected chi connectivity index (χ2v) is 11.4. The summed E-state index contributed by atoms with van der Waals surface area (Å²) in [5, 5.41) is 0.797. The van der Waals surface area contributed by atoms with Crippen LogP contribution in [0.4, 0.5) is 0 Å². The average Bonchev–Trinajstić information content (AvgIpc) is 3.43. The van der Waals surface area contributed by atoms with Gasteiger partial charge in [0.1, 0.15) is 15.9 Å². The fraction of sp³-hybridized carbons (Fsp3) is 0.560. The van der Waals surface area contributed by atoms with E-state index < -0.39 is 10.1 Å². The maximum atomic E-state index is 13.5. The van der Waals surface area contributed by atoms with Gasteiger partial charge >= 0.3 is 5.97 Å². The number of hydrogen-bond acceptors (Lipinski definition) is 5. The van der Waals surface area contributed by atoms with E-state index in [0.717, 1.165) is 18.3 Å². The molecule has 0 N–H and O–H groups in total. The van der Waals surface area contributed by atoms with E-state index in [1.807, 2.05) is 0 Å². The summed E-state index contributed by atoms with van der Waals surface area (Å²) < 4.78 is 40.9. The summed E-state index contributed by atoms with van der Waals surface area (Å²) in [6.45, 7) is 0. The lowest BCUT2D eigenvalue weighted by molar-refractivity contribution is -0.157. The van der Waals surface area contributed by atoms with Crippen LogP contribution in [-0.2, 0) is 14.9 Å². The average molecular weight is 440 g/mol. The lowest BCUT2D eigenvalue weighted by atomic mass is 9.48. The molecule has 0 radical (unpaired) electrons. The molecule has 5 unspecified atom stereocenters. The molecule has 7 rings (SSSR count). The van der Waals surface area contributed by atoms with Crippen molar-refractivity contribution in [3.63, 3.8) is 0 Å². The van der Waals surface area contributed by atoms with E-state index in [1.165, 1.54) is 50.7 Å². The number of hydrogen-bond donors (Lipinski definition) is 0. The lowest BCUT2D eigenvalue weighted by Gasteiger charge is -2.56. The summed E-state index contributed by atoms with van der Waals surface area (Å²) in [6, 6.07) is 9.47. The maximum Gasteiger partial charge on any atom is 0.314 e. The Morgan fingerprint density at radius 1 is 0.839 bits per heavy atom. The van der Waals surface area contributed by atoms with Gasteiger partial charge in [-0.05, 0) is 79.7 Å². The highest BCUT2D eigenvalue weighted by atomic mass is 32.2. The van der Waals surface area contributed by atoms with Crippen LogP contribution in [0.5, 0.6) is 5.75 Å². The third-order valence-corrected chi connectivity index (χ3v) is 9.85. The van der Waals surface area contributed by atoms with E-state index in [2.05, 4.69) is 0 Å². The number of ether oxygens (including phenoxy) is 1. The number of carbonyl (C=O) groups is 1. The predicted molar refractivity (Wildman–Crippen MR) is 114 cm³/mol. The zero-order valence-electron chi connectivity index (χ0n) is 17.4. The number of esters is 1. The van der Waals surface area contributed by atoms with Gasteiger partial charge in [-0.15, -0.1) is 0 Å². The number of fused-ring (bicyclic) bond motifs is 2. The van der Waals surface area contributed by atoms with Crippen LogP contribution in [0.25, 0.3) is 10.8 Å². The molecule has 0 heterocycles. The summed E-state index contributed by atoms with van der Waals surface area (Å²) in [4.78, 5) is 13.2. The minimum absolute atomic E-state index is 0.0645. The van der Waals surface area contributed by atoms with Crippen LogP contribution in [0.2, 0.25) is 0 Å². The summed E-state index contributed by atoms with van der Waals surface area (Å²) in [7, 11) is -4.61. The van der Waals surface area contributed by atoms with Crippen molar-refractivity contribution in [2.24, 2.45) is 41.4 Å². The third-order valence-electron chi connectivity index (χ3n) is 8.96. The monoisotopic (exact) mass is 439 g/mol.